The number of nitrogens with zero attached hydrogens (tertiary/aromatic N) is 3. The molecular weight excluding hydrogens is 519 g/mol. The van der Waals surface area contributed by atoms with E-state index in [1.165, 1.54) is 0 Å². The summed E-state index contributed by atoms with van der Waals surface area (Å²) < 4.78 is 42.0. The van der Waals surface area contributed by atoms with Crippen molar-refractivity contribution in [2.24, 2.45) is 0 Å². The van der Waals surface area contributed by atoms with Crippen molar-refractivity contribution in [2.75, 3.05) is 4.90 Å². The summed E-state index contributed by atoms with van der Waals surface area (Å²) in [5, 5.41) is 8.25. The molecule has 3 aromatic rings. The van der Waals surface area contributed by atoms with Gasteiger partial charge >= 0.3 is 6.18 Å². The first-order valence-electron chi connectivity index (χ1n) is 9.56. The van der Waals surface area contributed by atoms with Gasteiger partial charge in [0.25, 0.3) is 0 Å². The summed E-state index contributed by atoms with van der Waals surface area (Å²) >= 11 is 3.98. The molecule has 1 saturated heterocycles. The number of hydrogen-bond acceptors (Lipinski definition) is 5. The topological polar surface area (TPSA) is 74.1 Å². The summed E-state index contributed by atoms with van der Waals surface area (Å²) in [5.41, 5.74) is -0.998. The molecule has 1 aliphatic rings. The molecule has 0 aliphatic carbocycles. The van der Waals surface area contributed by atoms with Gasteiger partial charge in [0, 0.05) is 16.5 Å². The van der Waals surface area contributed by atoms with Crippen LogP contribution >= 0.6 is 27.7 Å². The lowest BCUT2D eigenvalue weighted by Crippen LogP contribution is -2.31. The number of hydrogen-bond donors (Lipinski definition) is 0. The van der Waals surface area contributed by atoms with E-state index in [2.05, 4.69) is 20.9 Å². The van der Waals surface area contributed by atoms with Gasteiger partial charge in [0.05, 0.1) is 27.8 Å². The number of aromatic nitrogens is 1. The van der Waals surface area contributed by atoms with E-state index in [1.54, 1.807) is 60.7 Å². The van der Waals surface area contributed by atoms with E-state index in [0.717, 1.165) is 15.4 Å². The number of benzene rings is 2. The molecule has 166 valence electrons. The first-order chi connectivity index (χ1) is 15.7. The Balaban J connectivity index is 1.74. The normalized spacial score (nSPS) is 16.2. The van der Waals surface area contributed by atoms with Crippen molar-refractivity contribution < 1.29 is 22.8 Å². The van der Waals surface area contributed by atoms with Crippen LogP contribution in [0.1, 0.15) is 17.5 Å². The highest BCUT2D eigenvalue weighted by atomic mass is 79.9. The van der Waals surface area contributed by atoms with E-state index in [1.807, 2.05) is 0 Å². The van der Waals surface area contributed by atoms with Crippen LogP contribution in [-0.2, 0) is 15.8 Å². The van der Waals surface area contributed by atoms with Gasteiger partial charge in [0.15, 0.2) is 0 Å². The number of halogens is 4. The fraction of sp³-hybridized carbons (Fsp3) is 0.130. The highest BCUT2D eigenvalue weighted by molar-refractivity contribution is 9.10. The van der Waals surface area contributed by atoms with Crippen LogP contribution < -0.4 is 4.90 Å². The first kappa shape index (κ1) is 23.0. The fourth-order valence-electron chi connectivity index (χ4n) is 3.39. The van der Waals surface area contributed by atoms with E-state index < -0.39 is 34.4 Å². The fourth-order valence-corrected chi connectivity index (χ4v) is 4.78. The lowest BCUT2D eigenvalue weighted by atomic mass is 10.1. The molecule has 5 nitrogen and oxygen atoms in total. The first-order valence-corrected chi connectivity index (χ1v) is 11.2. The largest absolute Gasteiger partial charge is 0.417 e. The summed E-state index contributed by atoms with van der Waals surface area (Å²) in [6.45, 7) is 0. The predicted molar refractivity (Wildman–Crippen MR) is 120 cm³/mol. The summed E-state index contributed by atoms with van der Waals surface area (Å²) in [5.74, 6) is -1.05. The molecule has 0 spiro atoms. The van der Waals surface area contributed by atoms with Gasteiger partial charge in [-0.3, -0.25) is 9.59 Å². The zero-order valence-corrected chi connectivity index (χ0v) is 19.0. The summed E-state index contributed by atoms with van der Waals surface area (Å²) in [6.07, 6.45) is -5.02. The van der Waals surface area contributed by atoms with Gasteiger partial charge in [0.2, 0.25) is 11.8 Å². The van der Waals surface area contributed by atoms with Crippen LogP contribution in [0.4, 0.5) is 18.9 Å². The van der Waals surface area contributed by atoms with Crippen LogP contribution in [0.15, 0.2) is 70.2 Å². The van der Waals surface area contributed by atoms with Gasteiger partial charge in [-0.2, -0.15) is 18.4 Å². The van der Waals surface area contributed by atoms with Gasteiger partial charge in [-0.25, -0.2) is 9.88 Å². The third-order valence-electron chi connectivity index (χ3n) is 4.92. The van der Waals surface area contributed by atoms with Crippen LogP contribution in [-0.4, -0.2) is 22.0 Å². The minimum absolute atomic E-state index is 0.0194. The molecule has 1 unspecified atom stereocenters. The van der Waals surface area contributed by atoms with Crippen molar-refractivity contribution in [3.63, 3.8) is 0 Å². The Morgan fingerprint density at radius 3 is 2.36 bits per heavy atom. The second-order valence-electron chi connectivity index (χ2n) is 7.07. The predicted octanol–water partition coefficient (Wildman–Crippen LogP) is 5.83. The maximum atomic E-state index is 13.8. The number of nitriles is 1. The van der Waals surface area contributed by atoms with E-state index in [9.17, 15) is 28.0 Å². The van der Waals surface area contributed by atoms with E-state index >= 15 is 0 Å². The third-order valence-corrected chi connectivity index (χ3v) is 6.62. The molecule has 2 heterocycles. The smallest absolute Gasteiger partial charge is 0.274 e. The highest BCUT2D eigenvalue weighted by Gasteiger charge is 2.42. The summed E-state index contributed by atoms with van der Waals surface area (Å²) in [7, 11) is 0. The Bertz CT molecular complexity index is 1280. The Kier molecular flexibility index (Phi) is 6.28. The Labute approximate surface area is 199 Å². The number of carbonyl (C=O) groups excluding carboxylic acids is 2. The lowest BCUT2D eigenvalue weighted by Gasteiger charge is -2.17. The van der Waals surface area contributed by atoms with Crippen LogP contribution in [0.25, 0.3) is 11.3 Å². The second kappa shape index (κ2) is 9.00. The molecule has 1 aromatic heterocycles. The SMILES string of the molecule is N#Cc1c(C(F)(F)F)cc(-c2ccccc2)nc1SC1CC(=O)N(c2ccc(Br)cc2)C1=O. The monoisotopic (exact) mass is 531 g/mol. The Hall–Kier alpha value is -3.16. The number of pyridine rings is 1. The number of anilines is 1. The molecule has 0 radical (unpaired) electrons. The lowest BCUT2D eigenvalue weighted by molar-refractivity contribution is -0.138. The molecule has 1 atom stereocenters. The maximum absolute atomic E-state index is 13.8. The standard InChI is InChI=1S/C23H13BrF3N3O2S/c24-14-6-8-15(9-7-14)30-20(31)11-19(22(30)32)33-21-16(12-28)17(23(25,26)27)10-18(29-21)13-4-2-1-3-5-13/h1-10,19H,11H2. The summed E-state index contributed by atoms with van der Waals surface area (Å²) in [6, 6.07) is 17.2. The molecular formula is C23H13BrF3N3O2S. The Morgan fingerprint density at radius 2 is 1.76 bits per heavy atom. The molecule has 1 fully saturated rings. The number of thioether (sulfide) groups is 1. The molecule has 33 heavy (non-hydrogen) atoms. The number of rotatable bonds is 4. The minimum atomic E-state index is -4.80. The van der Waals surface area contributed by atoms with Gasteiger partial charge < -0.3 is 0 Å². The van der Waals surface area contributed by atoms with Crippen LogP contribution in [0.3, 0.4) is 0 Å². The van der Waals surface area contributed by atoms with Gasteiger partial charge in [0.1, 0.15) is 11.1 Å². The van der Waals surface area contributed by atoms with E-state index in [-0.39, 0.29) is 17.1 Å². The van der Waals surface area contributed by atoms with E-state index in [4.69, 9.17) is 0 Å². The molecule has 2 amide bonds. The van der Waals surface area contributed by atoms with Gasteiger partial charge in [-0.15, -0.1) is 0 Å². The molecule has 4 rings (SSSR count). The van der Waals surface area contributed by atoms with Gasteiger partial charge in [-0.1, -0.05) is 58.0 Å². The quantitative estimate of drug-likeness (QED) is 0.396. The van der Waals surface area contributed by atoms with Crippen molar-refractivity contribution >= 4 is 45.2 Å². The number of amides is 2. The zero-order valence-electron chi connectivity index (χ0n) is 16.6. The van der Waals surface area contributed by atoms with Gasteiger partial charge in [-0.05, 0) is 30.3 Å². The number of imide groups is 1. The molecule has 2 aromatic carbocycles. The van der Waals surface area contributed by atoms with Crippen LogP contribution in [0.2, 0.25) is 0 Å². The van der Waals surface area contributed by atoms with Crippen molar-refractivity contribution in [1.29, 1.82) is 5.26 Å². The minimum Gasteiger partial charge on any atom is -0.274 e. The Morgan fingerprint density at radius 1 is 1.09 bits per heavy atom. The van der Waals surface area contributed by atoms with Crippen molar-refractivity contribution in [3.05, 3.63) is 76.3 Å². The molecule has 0 saturated carbocycles. The molecule has 10 heteroatoms. The number of carbonyl (C=O) groups is 2. The molecule has 0 N–H and O–H groups in total. The van der Waals surface area contributed by atoms with Crippen molar-refractivity contribution in [2.45, 2.75) is 22.9 Å². The average Bonchev–Trinajstić information content (AvgIpc) is 3.06. The van der Waals surface area contributed by atoms with Crippen molar-refractivity contribution in [1.82, 2.24) is 4.98 Å². The average molecular weight is 532 g/mol. The van der Waals surface area contributed by atoms with Crippen LogP contribution in [0.5, 0.6) is 0 Å². The summed E-state index contributed by atoms with van der Waals surface area (Å²) in [4.78, 5) is 30.8. The molecule has 0 bridgehead atoms. The number of alkyl halides is 3. The van der Waals surface area contributed by atoms with E-state index in [0.29, 0.717) is 23.0 Å². The van der Waals surface area contributed by atoms with Crippen molar-refractivity contribution in [3.8, 4) is 17.3 Å². The highest BCUT2D eigenvalue weighted by Crippen LogP contribution is 2.41. The maximum Gasteiger partial charge on any atom is 0.417 e. The zero-order chi connectivity index (χ0) is 23.8. The third kappa shape index (κ3) is 4.65. The second-order valence-corrected chi connectivity index (χ2v) is 9.17. The molecule has 1 aliphatic heterocycles. The van der Waals surface area contributed by atoms with Crippen LogP contribution in [0, 0.1) is 11.3 Å².